The molecule has 0 atom stereocenters. The van der Waals surface area contributed by atoms with Crippen molar-refractivity contribution in [3.05, 3.63) is 118 Å². The third-order valence-electron chi connectivity index (χ3n) is 4.87. The molecule has 1 aromatic heterocycles. The van der Waals surface area contributed by atoms with E-state index in [2.05, 4.69) is 16.0 Å². The molecule has 0 spiro atoms. The highest BCUT2D eigenvalue weighted by Crippen LogP contribution is 2.23. The van der Waals surface area contributed by atoms with Crippen LogP contribution in [-0.4, -0.2) is 26.5 Å². The van der Waals surface area contributed by atoms with Crippen LogP contribution in [0, 0.1) is 10.1 Å². The SMILES string of the molecule is O=C(/C=C/c1ccccc1[N+](=O)[O-])NNC(=O)c1cn(-c2ccccc2)nc1-c1ccccc1. The molecule has 1 heterocycles. The summed E-state index contributed by atoms with van der Waals surface area (Å²) >= 11 is 0. The number of nitrogens with zero attached hydrogens (tertiary/aromatic N) is 3. The Morgan fingerprint density at radius 2 is 1.53 bits per heavy atom. The first-order chi connectivity index (χ1) is 16.5. The number of hydrazine groups is 1. The fourth-order valence-electron chi connectivity index (χ4n) is 3.25. The number of nitro benzene ring substituents is 1. The van der Waals surface area contributed by atoms with Gasteiger partial charge in [0, 0.05) is 23.9 Å². The number of nitro groups is 1. The maximum absolute atomic E-state index is 12.9. The Morgan fingerprint density at radius 3 is 2.24 bits per heavy atom. The number of nitrogens with one attached hydrogen (secondary N) is 2. The molecule has 0 aliphatic carbocycles. The summed E-state index contributed by atoms with van der Waals surface area (Å²) in [4.78, 5) is 35.7. The first kappa shape index (κ1) is 22.2. The fourth-order valence-corrected chi connectivity index (χ4v) is 3.25. The smallest absolute Gasteiger partial charge is 0.268 e. The number of hydrogen-bond donors (Lipinski definition) is 2. The lowest BCUT2D eigenvalue weighted by atomic mass is 10.1. The molecule has 4 rings (SSSR count). The van der Waals surface area contributed by atoms with Gasteiger partial charge in [-0.15, -0.1) is 0 Å². The molecule has 34 heavy (non-hydrogen) atoms. The summed E-state index contributed by atoms with van der Waals surface area (Å²) in [5.41, 5.74) is 7.03. The molecule has 0 bridgehead atoms. The molecule has 0 radical (unpaired) electrons. The average Bonchev–Trinajstić information content (AvgIpc) is 3.33. The molecule has 9 heteroatoms. The van der Waals surface area contributed by atoms with Crippen molar-refractivity contribution in [2.75, 3.05) is 0 Å². The summed E-state index contributed by atoms with van der Waals surface area (Å²) in [5, 5.41) is 15.7. The highest BCUT2D eigenvalue weighted by molar-refractivity contribution is 6.01. The lowest BCUT2D eigenvalue weighted by molar-refractivity contribution is -0.385. The second kappa shape index (κ2) is 10.0. The van der Waals surface area contributed by atoms with Crippen molar-refractivity contribution in [2.45, 2.75) is 0 Å². The molecule has 3 aromatic carbocycles. The maximum Gasteiger partial charge on any atom is 0.276 e. The van der Waals surface area contributed by atoms with Crippen molar-refractivity contribution in [3.63, 3.8) is 0 Å². The first-order valence-corrected chi connectivity index (χ1v) is 10.3. The summed E-state index contributed by atoms with van der Waals surface area (Å²) in [7, 11) is 0. The molecule has 2 N–H and O–H groups in total. The van der Waals surface area contributed by atoms with Gasteiger partial charge in [0.05, 0.1) is 21.7 Å². The molecular formula is C25H19N5O4. The molecule has 0 saturated heterocycles. The summed E-state index contributed by atoms with van der Waals surface area (Å²) in [5.74, 6) is -1.21. The van der Waals surface area contributed by atoms with Crippen LogP contribution in [0.3, 0.4) is 0 Å². The van der Waals surface area contributed by atoms with Crippen LogP contribution in [0.15, 0.2) is 97.2 Å². The normalized spacial score (nSPS) is 10.7. The number of hydrogen-bond acceptors (Lipinski definition) is 5. The summed E-state index contributed by atoms with van der Waals surface area (Å²) in [6.45, 7) is 0. The van der Waals surface area contributed by atoms with E-state index in [0.29, 0.717) is 5.69 Å². The average molecular weight is 453 g/mol. The van der Waals surface area contributed by atoms with Crippen molar-refractivity contribution < 1.29 is 14.5 Å². The molecule has 0 aliphatic heterocycles. The third-order valence-corrected chi connectivity index (χ3v) is 4.87. The van der Waals surface area contributed by atoms with Gasteiger partial charge < -0.3 is 0 Å². The molecule has 0 saturated carbocycles. The van der Waals surface area contributed by atoms with E-state index in [4.69, 9.17) is 0 Å². The number of benzene rings is 3. The minimum absolute atomic E-state index is 0.128. The number of para-hydroxylation sites is 2. The lowest BCUT2D eigenvalue weighted by Gasteiger charge is -2.05. The Hall–Kier alpha value is -5.05. The van der Waals surface area contributed by atoms with E-state index in [0.717, 1.165) is 17.3 Å². The van der Waals surface area contributed by atoms with Gasteiger partial charge in [0.1, 0.15) is 5.69 Å². The van der Waals surface area contributed by atoms with Gasteiger partial charge >= 0.3 is 0 Å². The van der Waals surface area contributed by atoms with Crippen molar-refractivity contribution in [3.8, 4) is 16.9 Å². The van der Waals surface area contributed by atoms with Crippen LogP contribution in [0.1, 0.15) is 15.9 Å². The molecule has 9 nitrogen and oxygen atoms in total. The van der Waals surface area contributed by atoms with Crippen molar-refractivity contribution in [2.24, 2.45) is 0 Å². The maximum atomic E-state index is 12.9. The molecule has 0 unspecified atom stereocenters. The minimum Gasteiger partial charge on any atom is -0.268 e. The Balaban J connectivity index is 1.52. The van der Waals surface area contributed by atoms with E-state index in [1.165, 1.54) is 24.3 Å². The Kier molecular flexibility index (Phi) is 6.55. The second-order valence-electron chi connectivity index (χ2n) is 7.13. The molecule has 0 fully saturated rings. The van der Waals surface area contributed by atoms with E-state index < -0.39 is 16.7 Å². The predicted molar refractivity (Wildman–Crippen MR) is 127 cm³/mol. The van der Waals surface area contributed by atoms with Crippen molar-refractivity contribution >= 4 is 23.6 Å². The quantitative estimate of drug-likeness (QED) is 0.261. The van der Waals surface area contributed by atoms with Gasteiger partial charge in [-0.25, -0.2) is 4.68 Å². The van der Waals surface area contributed by atoms with Gasteiger partial charge in [-0.1, -0.05) is 60.7 Å². The van der Waals surface area contributed by atoms with Crippen LogP contribution in [0.5, 0.6) is 0 Å². The fraction of sp³-hybridized carbons (Fsp3) is 0. The number of carbonyl (C=O) groups is 2. The zero-order valence-electron chi connectivity index (χ0n) is 17.8. The number of rotatable bonds is 6. The lowest BCUT2D eigenvalue weighted by Crippen LogP contribution is -2.40. The zero-order valence-corrected chi connectivity index (χ0v) is 17.8. The van der Waals surface area contributed by atoms with E-state index in [-0.39, 0.29) is 16.8 Å². The van der Waals surface area contributed by atoms with Crippen LogP contribution in [-0.2, 0) is 4.79 Å². The van der Waals surface area contributed by atoms with Gasteiger partial charge in [-0.2, -0.15) is 5.10 Å². The molecule has 0 aliphatic rings. The van der Waals surface area contributed by atoms with Crippen LogP contribution in [0.25, 0.3) is 23.0 Å². The monoisotopic (exact) mass is 453 g/mol. The van der Waals surface area contributed by atoms with E-state index in [1.807, 2.05) is 60.7 Å². The number of amides is 2. The van der Waals surface area contributed by atoms with Crippen molar-refractivity contribution in [1.82, 2.24) is 20.6 Å². The number of aromatic nitrogens is 2. The summed E-state index contributed by atoms with van der Waals surface area (Å²) in [6.07, 6.45) is 4.00. The van der Waals surface area contributed by atoms with Crippen LogP contribution in [0.4, 0.5) is 5.69 Å². The minimum atomic E-state index is -0.650. The van der Waals surface area contributed by atoms with Gasteiger partial charge in [0.15, 0.2) is 0 Å². The highest BCUT2D eigenvalue weighted by atomic mass is 16.6. The zero-order chi connectivity index (χ0) is 23.9. The third kappa shape index (κ3) is 5.05. The number of carbonyl (C=O) groups excluding carboxylic acids is 2. The highest BCUT2D eigenvalue weighted by Gasteiger charge is 2.19. The summed E-state index contributed by atoms with van der Waals surface area (Å²) in [6, 6.07) is 24.6. The molecule has 168 valence electrons. The van der Waals surface area contributed by atoms with E-state index in [1.54, 1.807) is 16.9 Å². The van der Waals surface area contributed by atoms with Gasteiger partial charge in [-0.05, 0) is 24.3 Å². The molecule has 2 amide bonds. The topological polar surface area (TPSA) is 119 Å². The van der Waals surface area contributed by atoms with E-state index >= 15 is 0 Å². The van der Waals surface area contributed by atoms with Crippen molar-refractivity contribution in [1.29, 1.82) is 0 Å². The van der Waals surface area contributed by atoms with Crippen LogP contribution >= 0.6 is 0 Å². The Bertz CT molecular complexity index is 1360. The largest absolute Gasteiger partial charge is 0.276 e. The Labute approximate surface area is 194 Å². The van der Waals surface area contributed by atoms with Gasteiger partial charge in [0.25, 0.3) is 17.5 Å². The standard InChI is InChI=1S/C25H19N5O4/c31-23(16-15-18-9-7-8-14-22(18)30(33)34)26-27-25(32)21-17-29(20-12-5-2-6-13-20)28-24(21)19-10-3-1-4-11-19/h1-17H,(H,26,31)(H,27,32)/b16-15+. The Morgan fingerprint density at radius 1 is 0.882 bits per heavy atom. The van der Waals surface area contributed by atoms with Gasteiger partial charge in [-0.3, -0.25) is 30.6 Å². The van der Waals surface area contributed by atoms with Crippen LogP contribution in [0.2, 0.25) is 0 Å². The van der Waals surface area contributed by atoms with Crippen LogP contribution < -0.4 is 10.9 Å². The summed E-state index contributed by atoms with van der Waals surface area (Å²) < 4.78 is 1.59. The van der Waals surface area contributed by atoms with Gasteiger partial charge in [0.2, 0.25) is 0 Å². The molecular weight excluding hydrogens is 434 g/mol. The second-order valence-corrected chi connectivity index (χ2v) is 7.13. The van der Waals surface area contributed by atoms with E-state index in [9.17, 15) is 19.7 Å². The predicted octanol–water partition coefficient (Wildman–Crippen LogP) is 3.92. The molecule has 4 aromatic rings. The first-order valence-electron chi connectivity index (χ1n) is 10.3.